The number of para-hydroxylation sites is 2. The molecule has 0 saturated carbocycles. The Morgan fingerprint density at radius 3 is 2.35 bits per heavy atom. The van der Waals surface area contributed by atoms with Gasteiger partial charge in [-0.3, -0.25) is 10.2 Å². The molecule has 1 atom stereocenters. The van der Waals surface area contributed by atoms with Gasteiger partial charge in [-0.15, -0.1) is 0 Å². The summed E-state index contributed by atoms with van der Waals surface area (Å²) in [5.41, 5.74) is 6.07. The smallest absolute Gasteiger partial charge is 0.262 e. The molecule has 5 nitrogen and oxygen atoms in total. The van der Waals surface area contributed by atoms with E-state index < -0.39 is 5.92 Å². The molecule has 1 aliphatic heterocycles. The number of carbonyl (C=O) groups is 1. The van der Waals surface area contributed by atoms with Crippen LogP contribution >= 0.6 is 0 Å². The van der Waals surface area contributed by atoms with Crippen molar-refractivity contribution in [3.05, 3.63) is 60.7 Å². The van der Waals surface area contributed by atoms with Gasteiger partial charge in [-0.2, -0.15) is 15.2 Å². The third-order valence-electron chi connectivity index (χ3n) is 3.68. The molecule has 5 heteroatoms. The van der Waals surface area contributed by atoms with Crippen molar-refractivity contribution in [3.63, 3.8) is 0 Å². The first-order valence-corrected chi connectivity index (χ1v) is 7.46. The lowest BCUT2D eigenvalue weighted by Crippen LogP contribution is -2.31. The summed E-state index contributed by atoms with van der Waals surface area (Å²) in [6.45, 7) is 3.69. The zero-order chi connectivity index (χ0) is 16.2. The molecule has 23 heavy (non-hydrogen) atoms. The van der Waals surface area contributed by atoms with Gasteiger partial charge in [-0.05, 0) is 38.1 Å². The van der Waals surface area contributed by atoms with Gasteiger partial charge in [-0.1, -0.05) is 36.4 Å². The standard InChI is InChI=1S/C18H18N4O/c1-13(19-20-15-9-5-3-6-10-15)17-14(2)21-22(18(17)23)16-11-7-4-8-12-16/h3-12,17,20H,1-2H3/b19-13-. The fraction of sp³-hybridized carbons (Fsp3) is 0.167. The fourth-order valence-corrected chi connectivity index (χ4v) is 2.53. The molecule has 116 valence electrons. The van der Waals surface area contributed by atoms with Crippen LogP contribution in [0, 0.1) is 5.92 Å². The van der Waals surface area contributed by atoms with Crippen LogP contribution in [0.5, 0.6) is 0 Å². The van der Waals surface area contributed by atoms with Crippen molar-refractivity contribution in [2.45, 2.75) is 13.8 Å². The van der Waals surface area contributed by atoms with E-state index in [0.29, 0.717) is 5.71 Å². The third-order valence-corrected chi connectivity index (χ3v) is 3.68. The van der Waals surface area contributed by atoms with E-state index in [4.69, 9.17) is 0 Å². The Balaban J connectivity index is 1.78. The zero-order valence-electron chi connectivity index (χ0n) is 13.1. The van der Waals surface area contributed by atoms with Crippen LogP contribution < -0.4 is 10.4 Å². The van der Waals surface area contributed by atoms with Gasteiger partial charge >= 0.3 is 0 Å². The maximum absolute atomic E-state index is 12.7. The molecule has 1 N–H and O–H groups in total. The molecule has 0 bridgehead atoms. The summed E-state index contributed by atoms with van der Waals surface area (Å²) < 4.78 is 0. The van der Waals surface area contributed by atoms with Crippen molar-refractivity contribution in [2.75, 3.05) is 10.4 Å². The van der Waals surface area contributed by atoms with Crippen LogP contribution in [0.15, 0.2) is 70.9 Å². The number of benzene rings is 2. The summed E-state index contributed by atoms with van der Waals surface area (Å²) in [6.07, 6.45) is 0. The molecular weight excluding hydrogens is 288 g/mol. The highest BCUT2D eigenvalue weighted by Gasteiger charge is 2.36. The second-order valence-electron chi connectivity index (χ2n) is 5.39. The monoisotopic (exact) mass is 306 g/mol. The Hall–Kier alpha value is -2.95. The molecule has 1 heterocycles. The van der Waals surface area contributed by atoms with Gasteiger partial charge in [-0.25, -0.2) is 0 Å². The third kappa shape index (κ3) is 3.13. The Morgan fingerprint density at radius 1 is 1.09 bits per heavy atom. The van der Waals surface area contributed by atoms with E-state index in [0.717, 1.165) is 17.1 Å². The fourth-order valence-electron chi connectivity index (χ4n) is 2.53. The molecule has 2 aromatic carbocycles. The van der Waals surface area contributed by atoms with Crippen LogP contribution in [-0.4, -0.2) is 17.3 Å². The number of carbonyl (C=O) groups excluding carboxylic acids is 1. The van der Waals surface area contributed by atoms with E-state index in [1.807, 2.05) is 74.5 Å². The molecular formula is C18H18N4O. The molecule has 2 aromatic rings. The second-order valence-corrected chi connectivity index (χ2v) is 5.39. The average Bonchev–Trinajstić information content (AvgIpc) is 2.89. The van der Waals surface area contributed by atoms with Crippen LogP contribution in [0.25, 0.3) is 0 Å². The first-order valence-electron chi connectivity index (χ1n) is 7.46. The number of hydrogen-bond donors (Lipinski definition) is 1. The highest BCUT2D eigenvalue weighted by atomic mass is 16.2. The van der Waals surface area contributed by atoms with Crippen LogP contribution in [0.4, 0.5) is 11.4 Å². The highest BCUT2D eigenvalue weighted by Crippen LogP contribution is 2.24. The molecule has 0 radical (unpaired) electrons. The van der Waals surface area contributed by atoms with Crippen LogP contribution in [-0.2, 0) is 4.79 Å². The summed E-state index contributed by atoms with van der Waals surface area (Å²) >= 11 is 0. The molecule has 3 rings (SSSR count). The number of hydrazone groups is 2. The van der Waals surface area contributed by atoms with Crippen LogP contribution in [0.3, 0.4) is 0 Å². The molecule has 1 unspecified atom stereocenters. The van der Waals surface area contributed by atoms with Gasteiger partial charge in [0.2, 0.25) is 0 Å². The van der Waals surface area contributed by atoms with Gasteiger partial charge in [0.1, 0.15) is 5.92 Å². The maximum atomic E-state index is 12.7. The predicted octanol–water partition coefficient (Wildman–Crippen LogP) is 3.51. The lowest BCUT2D eigenvalue weighted by atomic mass is 9.99. The zero-order valence-corrected chi connectivity index (χ0v) is 13.1. The number of hydrogen-bond acceptors (Lipinski definition) is 4. The van der Waals surface area contributed by atoms with Gasteiger partial charge in [0.25, 0.3) is 5.91 Å². The Bertz CT molecular complexity index is 753. The number of nitrogens with one attached hydrogen (secondary N) is 1. The molecule has 0 aliphatic carbocycles. The molecule has 0 spiro atoms. The summed E-state index contributed by atoms with van der Waals surface area (Å²) in [4.78, 5) is 12.7. The van der Waals surface area contributed by atoms with Crippen LogP contribution in [0.1, 0.15) is 13.8 Å². The van der Waals surface area contributed by atoms with Crippen molar-refractivity contribution < 1.29 is 4.79 Å². The van der Waals surface area contributed by atoms with Crippen molar-refractivity contribution in [2.24, 2.45) is 16.1 Å². The summed E-state index contributed by atoms with van der Waals surface area (Å²) in [5, 5.41) is 10.2. The molecule has 0 aromatic heterocycles. The Labute approximate surface area is 135 Å². The molecule has 1 amide bonds. The van der Waals surface area contributed by atoms with Gasteiger partial charge in [0.05, 0.1) is 22.8 Å². The van der Waals surface area contributed by atoms with Crippen molar-refractivity contribution >= 4 is 28.7 Å². The quantitative estimate of drug-likeness (QED) is 0.694. The lowest BCUT2D eigenvalue weighted by molar-refractivity contribution is -0.118. The van der Waals surface area contributed by atoms with Crippen LogP contribution in [0.2, 0.25) is 0 Å². The van der Waals surface area contributed by atoms with E-state index >= 15 is 0 Å². The first kappa shape index (κ1) is 15.0. The minimum absolute atomic E-state index is 0.0789. The minimum Gasteiger partial charge on any atom is -0.279 e. The number of rotatable bonds is 4. The average molecular weight is 306 g/mol. The SMILES string of the molecule is CC1=NN(c2ccccc2)C(=O)C1/C(C)=N\Nc1ccccc1. The Kier molecular flexibility index (Phi) is 4.19. The van der Waals surface area contributed by atoms with E-state index in [-0.39, 0.29) is 5.91 Å². The van der Waals surface area contributed by atoms with Crippen molar-refractivity contribution in [1.29, 1.82) is 0 Å². The summed E-state index contributed by atoms with van der Waals surface area (Å²) in [5.74, 6) is -0.503. The molecule has 1 aliphatic rings. The van der Waals surface area contributed by atoms with Gasteiger partial charge in [0, 0.05) is 0 Å². The van der Waals surface area contributed by atoms with Gasteiger partial charge < -0.3 is 0 Å². The topological polar surface area (TPSA) is 57.1 Å². The van der Waals surface area contributed by atoms with E-state index in [2.05, 4.69) is 15.6 Å². The second kappa shape index (κ2) is 6.44. The predicted molar refractivity (Wildman–Crippen MR) is 93.7 cm³/mol. The van der Waals surface area contributed by atoms with E-state index in [9.17, 15) is 4.79 Å². The number of anilines is 2. The highest BCUT2D eigenvalue weighted by molar-refractivity contribution is 6.27. The van der Waals surface area contributed by atoms with E-state index in [1.165, 1.54) is 5.01 Å². The lowest BCUT2D eigenvalue weighted by Gasteiger charge is -2.14. The number of nitrogens with zero attached hydrogens (tertiary/aromatic N) is 3. The van der Waals surface area contributed by atoms with Gasteiger partial charge in [0.15, 0.2) is 0 Å². The molecule has 0 saturated heterocycles. The maximum Gasteiger partial charge on any atom is 0.262 e. The van der Waals surface area contributed by atoms with Crippen molar-refractivity contribution in [1.82, 2.24) is 0 Å². The van der Waals surface area contributed by atoms with E-state index in [1.54, 1.807) is 0 Å². The minimum atomic E-state index is -0.425. The summed E-state index contributed by atoms with van der Waals surface area (Å²) in [6, 6.07) is 19.1. The summed E-state index contributed by atoms with van der Waals surface area (Å²) in [7, 11) is 0. The van der Waals surface area contributed by atoms with Crippen molar-refractivity contribution in [3.8, 4) is 0 Å². The largest absolute Gasteiger partial charge is 0.279 e. The number of amides is 1. The first-order chi connectivity index (χ1) is 11.2. The molecule has 0 fully saturated rings. The Morgan fingerprint density at radius 2 is 1.70 bits per heavy atom. The normalized spacial score (nSPS) is 18.1.